The second kappa shape index (κ2) is 8.71. The Labute approximate surface area is 169 Å². The third-order valence-electron chi connectivity index (χ3n) is 5.22. The molecule has 152 valence electrons. The Balaban J connectivity index is 1.30. The van der Waals surface area contributed by atoms with Crippen molar-refractivity contribution in [2.45, 2.75) is 19.9 Å². The van der Waals surface area contributed by atoms with E-state index < -0.39 is 0 Å². The lowest BCUT2D eigenvalue weighted by Crippen LogP contribution is -2.36. The molecule has 1 aliphatic heterocycles. The normalized spacial score (nSPS) is 16.1. The molecule has 0 saturated carbocycles. The predicted octanol–water partition coefficient (Wildman–Crippen LogP) is 3.42. The van der Waals surface area contributed by atoms with E-state index in [2.05, 4.69) is 20.1 Å². The lowest BCUT2D eigenvalue weighted by atomic mass is 10.2. The maximum absolute atomic E-state index is 13.3. The number of carbonyl (C=O) groups is 1. The minimum absolute atomic E-state index is 0.00808. The molecule has 2 heterocycles. The number of aromatic nitrogens is 1. The molecule has 3 aromatic rings. The van der Waals surface area contributed by atoms with E-state index in [0.717, 1.165) is 43.9 Å². The van der Waals surface area contributed by atoms with E-state index in [4.69, 9.17) is 4.42 Å². The van der Waals surface area contributed by atoms with Crippen LogP contribution in [0.5, 0.6) is 0 Å². The summed E-state index contributed by atoms with van der Waals surface area (Å²) in [4.78, 5) is 21.3. The molecule has 1 N–H and O–H groups in total. The van der Waals surface area contributed by atoms with Crippen LogP contribution in [0.3, 0.4) is 0 Å². The van der Waals surface area contributed by atoms with E-state index in [1.807, 2.05) is 31.2 Å². The van der Waals surface area contributed by atoms with Gasteiger partial charge >= 0.3 is 0 Å². The van der Waals surface area contributed by atoms with Gasteiger partial charge in [0.25, 0.3) is 0 Å². The monoisotopic (exact) mass is 396 g/mol. The van der Waals surface area contributed by atoms with Gasteiger partial charge in [0.2, 0.25) is 11.8 Å². The number of fused-ring (bicyclic) bond motifs is 1. The molecule has 0 aliphatic carbocycles. The third kappa shape index (κ3) is 4.99. The molecular weight excluding hydrogens is 371 g/mol. The number of halogens is 1. The number of carbonyl (C=O) groups excluding carboxylic acids is 1. The fourth-order valence-electron chi connectivity index (χ4n) is 3.65. The summed E-state index contributed by atoms with van der Waals surface area (Å²) in [6, 6.07) is 12.2. The van der Waals surface area contributed by atoms with Gasteiger partial charge in [0.1, 0.15) is 11.3 Å². The maximum atomic E-state index is 13.3. The first-order chi connectivity index (χ1) is 14.1. The van der Waals surface area contributed by atoms with Crippen LogP contribution in [0.2, 0.25) is 0 Å². The second-order valence-corrected chi connectivity index (χ2v) is 7.49. The van der Waals surface area contributed by atoms with Crippen LogP contribution in [0.15, 0.2) is 46.9 Å². The maximum Gasteiger partial charge on any atom is 0.238 e. The van der Waals surface area contributed by atoms with Crippen molar-refractivity contribution < 1.29 is 13.6 Å². The van der Waals surface area contributed by atoms with Crippen molar-refractivity contribution in [1.82, 2.24) is 14.8 Å². The molecule has 0 bridgehead atoms. The number of anilines is 1. The number of oxazole rings is 1. The molecule has 29 heavy (non-hydrogen) atoms. The third-order valence-corrected chi connectivity index (χ3v) is 5.22. The average Bonchev–Trinajstić information content (AvgIpc) is 2.95. The van der Waals surface area contributed by atoms with Crippen LogP contribution in [-0.4, -0.2) is 53.4 Å². The minimum Gasteiger partial charge on any atom is -0.439 e. The Bertz CT molecular complexity index is 1000. The summed E-state index contributed by atoms with van der Waals surface area (Å²) in [6.45, 7) is 6.35. The highest BCUT2D eigenvalue weighted by molar-refractivity contribution is 5.92. The van der Waals surface area contributed by atoms with Crippen LogP contribution in [0.4, 0.5) is 10.1 Å². The number of amides is 1. The SMILES string of the molecule is Cc1ccccc1NC(=O)CN1CCCN(Cc2nc3ccc(F)cc3o2)CC1. The summed E-state index contributed by atoms with van der Waals surface area (Å²) in [5, 5.41) is 3.00. The Morgan fingerprint density at radius 1 is 1.14 bits per heavy atom. The summed E-state index contributed by atoms with van der Waals surface area (Å²) >= 11 is 0. The van der Waals surface area contributed by atoms with Gasteiger partial charge < -0.3 is 9.73 Å². The van der Waals surface area contributed by atoms with E-state index in [1.165, 1.54) is 12.1 Å². The van der Waals surface area contributed by atoms with Crippen molar-refractivity contribution in [2.24, 2.45) is 0 Å². The van der Waals surface area contributed by atoms with E-state index in [-0.39, 0.29) is 11.7 Å². The van der Waals surface area contributed by atoms with Crippen molar-refractivity contribution in [3.8, 4) is 0 Å². The van der Waals surface area contributed by atoms with Crippen LogP contribution in [0, 0.1) is 12.7 Å². The molecule has 0 spiro atoms. The molecular formula is C22H25FN4O2. The molecule has 1 saturated heterocycles. The number of hydrogen-bond acceptors (Lipinski definition) is 5. The number of hydrogen-bond donors (Lipinski definition) is 1. The largest absolute Gasteiger partial charge is 0.439 e. The number of benzene rings is 2. The van der Waals surface area contributed by atoms with Crippen molar-refractivity contribution in [3.05, 3.63) is 59.7 Å². The van der Waals surface area contributed by atoms with Gasteiger partial charge in [-0.1, -0.05) is 18.2 Å². The van der Waals surface area contributed by atoms with Gasteiger partial charge in [-0.25, -0.2) is 9.37 Å². The molecule has 1 amide bonds. The summed E-state index contributed by atoms with van der Waals surface area (Å²) in [6.07, 6.45) is 0.965. The number of para-hydroxylation sites is 1. The average molecular weight is 396 g/mol. The molecule has 1 fully saturated rings. The highest BCUT2D eigenvalue weighted by Crippen LogP contribution is 2.18. The van der Waals surface area contributed by atoms with Crippen LogP contribution in [0.25, 0.3) is 11.1 Å². The van der Waals surface area contributed by atoms with Crippen molar-refractivity contribution >= 4 is 22.7 Å². The number of nitrogens with one attached hydrogen (secondary N) is 1. The summed E-state index contributed by atoms with van der Waals surface area (Å²) < 4.78 is 19.0. The summed E-state index contributed by atoms with van der Waals surface area (Å²) in [5.74, 6) is 0.277. The fraction of sp³-hybridized carbons (Fsp3) is 0.364. The van der Waals surface area contributed by atoms with Crippen LogP contribution >= 0.6 is 0 Å². The fourth-order valence-corrected chi connectivity index (χ4v) is 3.65. The first-order valence-corrected chi connectivity index (χ1v) is 9.92. The molecule has 2 aromatic carbocycles. The zero-order valence-electron chi connectivity index (χ0n) is 16.5. The molecule has 6 nitrogen and oxygen atoms in total. The Hall–Kier alpha value is -2.77. The first kappa shape index (κ1) is 19.5. The highest BCUT2D eigenvalue weighted by Gasteiger charge is 2.19. The molecule has 4 rings (SSSR count). The zero-order valence-corrected chi connectivity index (χ0v) is 16.5. The quantitative estimate of drug-likeness (QED) is 0.716. The van der Waals surface area contributed by atoms with Crippen molar-refractivity contribution in [2.75, 3.05) is 38.0 Å². The summed E-state index contributed by atoms with van der Waals surface area (Å²) in [7, 11) is 0. The smallest absolute Gasteiger partial charge is 0.238 e. The van der Waals surface area contributed by atoms with Gasteiger partial charge in [-0.3, -0.25) is 14.6 Å². The topological polar surface area (TPSA) is 61.6 Å². The molecule has 1 aromatic heterocycles. The Morgan fingerprint density at radius 2 is 1.93 bits per heavy atom. The van der Waals surface area contributed by atoms with Gasteiger partial charge in [-0.15, -0.1) is 0 Å². The van der Waals surface area contributed by atoms with Gasteiger partial charge in [0.15, 0.2) is 5.58 Å². The predicted molar refractivity (Wildman–Crippen MR) is 110 cm³/mol. The van der Waals surface area contributed by atoms with E-state index >= 15 is 0 Å². The van der Waals surface area contributed by atoms with E-state index in [0.29, 0.717) is 30.1 Å². The van der Waals surface area contributed by atoms with E-state index in [9.17, 15) is 9.18 Å². The molecule has 0 unspecified atom stereocenters. The second-order valence-electron chi connectivity index (χ2n) is 7.49. The molecule has 0 radical (unpaired) electrons. The summed E-state index contributed by atoms with van der Waals surface area (Å²) in [5.41, 5.74) is 3.07. The van der Waals surface area contributed by atoms with Crippen LogP contribution in [-0.2, 0) is 11.3 Å². The molecule has 7 heteroatoms. The molecule has 0 atom stereocenters. The number of aryl methyl sites for hydroxylation is 1. The highest BCUT2D eigenvalue weighted by atomic mass is 19.1. The van der Waals surface area contributed by atoms with Gasteiger partial charge in [-0.2, -0.15) is 0 Å². The van der Waals surface area contributed by atoms with Crippen molar-refractivity contribution in [3.63, 3.8) is 0 Å². The number of rotatable bonds is 5. The Morgan fingerprint density at radius 3 is 2.79 bits per heavy atom. The van der Waals surface area contributed by atoms with Crippen LogP contribution < -0.4 is 5.32 Å². The lowest BCUT2D eigenvalue weighted by Gasteiger charge is -2.20. The van der Waals surface area contributed by atoms with Crippen LogP contribution in [0.1, 0.15) is 17.9 Å². The first-order valence-electron chi connectivity index (χ1n) is 9.92. The van der Waals surface area contributed by atoms with Gasteiger partial charge in [0, 0.05) is 24.8 Å². The Kier molecular flexibility index (Phi) is 5.87. The lowest BCUT2D eigenvalue weighted by molar-refractivity contribution is -0.117. The van der Waals surface area contributed by atoms with Crippen molar-refractivity contribution in [1.29, 1.82) is 0 Å². The zero-order chi connectivity index (χ0) is 20.2. The number of nitrogens with zero attached hydrogens (tertiary/aromatic N) is 3. The van der Waals surface area contributed by atoms with Gasteiger partial charge in [-0.05, 0) is 50.2 Å². The van der Waals surface area contributed by atoms with E-state index in [1.54, 1.807) is 6.07 Å². The standard InChI is InChI=1S/C22H25FN4O2/c1-16-5-2-3-6-18(16)24-21(28)14-26-9-4-10-27(12-11-26)15-22-25-19-8-7-17(23)13-20(19)29-22/h2-3,5-8,13H,4,9-12,14-15H2,1H3,(H,24,28). The minimum atomic E-state index is -0.324. The van der Waals surface area contributed by atoms with Gasteiger partial charge in [0.05, 0.1) is 13.1 Å². The molecule has 1 aliphatic rings.